The first-order valence-electron chi connectivity index (χ1n) is 9.67. The Kier molecular flexibility index (Phi) is 6.80. The predicted molar refractivity (Wildman–Crippen MR) is 100 cm³/mol. The Morgan fingerprint density at radius 3 is 2.25 bits per heavy atom. The number of hydrogen-bond donors (Lipinski definition) is 0. The number of carbonyl (C=O) groups is 1. The molecule has 0 atom stereocenters. The number of carbonyl (C=O) groups excluding carboxylic acids is 1. The Hall–Kier alpha value is -3.04. The predicted octanol–water partition coefficient (Wildman–Crippen LogP) is 6.83. The third kappa shape index (κ3) is 5.23. The van der Waals surface area contributed by atoms with Gasteiger partial charge in [0.25, 0.3) is 0 Å². The van der Waals surface area contributed by atoms with Crippen LogP contribution in [-0.2, 0) is 16.0 Å². The first kappa shape index (κ1) is 23.6. The number of halogens is 7. The van der Waals surface area contributed by atoms with Gasteiger partial charge in [-0.25, -0.2) is 17.6 Å². The summed E-state index contributed by atoms with van der Waals surface area (Å²) in [6.45, 7) is 1.90. The van der Waals surface area contributed by atoms with Crippen molar-refractivity contribution >= 4 is 12.0 Å². The lowest BCUT2D eigenvalue weighted by Crippen LogP contribution is -2.19. The smallest absolute Gasteiger partial charge is 0.431 e. The van der Waals surface area contributed by atoms with Crippen molar-refractivity contribution < 1.29 is 45.0 Å². The molecule has 0 fully saturated rings. The van der Waals surface area contributed by atoms with Crippen LogP contribution in [0, 0.1) is 23.3 Å². The highest BCUT2D eigenvalue weighted by molar-refractivity contribution is 5.74. The zero-order chi connectivity index (χ0) is 23.6. The van der Waals surface area contributed by atoms with Crippen LogP contribution in [0.3, 0.4) is 0 Å². The minimum Gasteiger partial charge on any atom is -0.431 e. The van der Waals surface area contributed by atoms with Gasteiger partial charge in [0.2, 0.25) is 5.75 Å². The highest BCUT2D eigenvalue weighted by atomic mass is 19.4. The molecule has 32 heavy (non-hydrogen) atoms. The summed E-state index contributed by atoms with van der Waals surface area (Å²) in [5, 5.41) is 0. The lowest BCUT2D eigenvalue weighted by Gasteiger charge is -2.19. The standard InChI is InChI=1S/C22H17F7O3/c1-2-3-4-18(30)31-13-5-6-14-11(7-13)8-15(23)19(20(14)26)12-9-16(24)21(17(25)10-12)32-22(27,28)29/h7-10H,2-6H2,1H3. The Balaban J connectivity index is 1.96. The number of hydrogen-bond acceptors (Lipinski definition) is 3. The summed E-state index contributed by atoms with van der Waals surface area (Å²) < 4.78 is 103. The molecule has 3 nitrogen and oxygen atoms in total. The van der Waals surface area contributed by atoms with Crippen LogP contribution in [-0.4, -0.2) is 12.3 Å². The molecule has 0 spiro atoms. The van der Waals surface area contributed by atoms with E-state index in [-0.39, 0.29) is 36.1 Å². The topological polar surface area (TPSA) is 35.5 Å². The molecule has 10 heteroatoms. The van der Waals surface area contributed by atoms with Gasteiger partial charge in [-0.1, -0.05) is 13.3 Å². The van der Waals surface area contributed by atoms with Crippen molar-refractivity contribution in [2.75, 3.05) is 0 Å². The molecule has 0 unspecified atom stereocenters. The van der Waals surface area contributed by atoms with Gasteiger partial charge in [0.05, 0.1) is 5.56 Å². The van der Waals surface area contributed by atoms with Crippen LogP contribution in [0.15, 0.2) is 24.0 Å². The second-order valence-corrected chi connectivity index (χ2v) is 7.12. The minimum atomic E-state index is -5.35. The Labute approximate surface area is 178 Å². The normalized spacial score (nSPS) is 13.4. The van der Waals surface area contributed by atoms with Crippen LogP contribution in [0.2, 0.25) is 0 Å². The molecular formula is C22H17F7O3. The fraction of sp³-hybridized carbons (Fsp3) is 0.318. The maximum absolute atomic E-state index is 15.1. The SMILES string of the molecule is CCCCC(=O)OC1=Cc2cc(F)c(-c3cc(F)c(OC(F)(F)F)c(F)c3)c(F)c2CC1. The highest BCUT2D eigenvalue weighted by Gasteiger charge is 2.34. The van der Waals surface area contributed by atoms with Crippen molar-refractivity contribution in [3.8, 4) is 16.9 Å². The van der Waals surface area contributed by atoms with Crippen LogP contribution in [0.1, 0.15) is 43.7 Å². The first-order chi connectivity index (χ1) is 15.0. The lowest BCUT2D eigenvalue weighted by atomic mass is 9.91. The van der Waals surface area contributed by atoms with E-state index in [1.807, 2.05) is 6.92 Å². The second kappa shape index (κ2) is 9.22. The molecule has 0 saturated heterocycles. The zero-order valence-corrected chi connectivity index (χ0v) is 16.7. The Morgan fingerprint density at radius 2 is 1.66 bits per heavy atom. The van der Waals surface area contributed by atoms with Crippen LogP contribution in [0.25, 0.3) is 17.2 Å². The van der Waals surface area contributed by atoms with Gasteiger partial charge >= 0.3 is 12.3 Å². The van der Waals surface area contributed by atoms with Crippen molar-refractivity contribution in [2.24, 2.45) is 0 Å². The quantitative estimate of drug-likeness (QED) is 0.349. The summed E-state index contributed by atoms with van der Waals surface area (Å²) in [4.78, 5) is 11.8. The first-order valence-corrected chi connectivity index (χ1v) is 9.67. The highest BCUT2D eigenvalue weighted by Crippen LogP contribution is 2.38. The molecule has 0 bridgehead atoms. The third-order valence-corrected chi connectivity index (χ3v) is 4.78. The van der Waals surface area contributed by atoms with Gasteiger partial charge in [0, 0.05) is 12.8 Å². The van der Waals surface area contributed by atoms with E-state index in [2.05, 4.69) is 4.74 Å². The van der Waals surface area contributed by atoms with E-state index in [9.17, 15) is 31.1 Å². The summed E-state index contributed by atoms with van der Waals surface area (Å²) in [7, 11) is 0. The number of esters is 1. The lowest BCUT2D eigenvalue weighted by molar-refractivity contribution is -0.276. The molecule has 0 radical (unpaired) electrons. The number of benzene rings is 2. The fourth-order valence-corrected chi connectivity index (χ4v) is 3.34. The molecule has 0 N–H and O–H groups in total. The molecule has 0 amide bonds. The van der Waals surface area contributed by atoms with Gasteiger partial charge in [0.1, 0.15) is 17.4 Å². The molecule has 1 aliphatic rings. The summed E-state index contributed by atoms with van der Waals surface area (Å²) in [6.07, 6.45) is -2.27. The van der Waals surface area contributed by atoms with E-state index in [1.165, 1.54) is 6.08 Å². The van der Waals surface area contributed by atoms with Gasteiger partial charge < -0.3 is 9.47 Å². The molecule has 0 saturated carbocycles. The maximum Gasteiger partial charge on any atom is 0.573 e. The molecular weight excluding hydrogens is 445 g/mol. The van der Waals surface area contributed by atoms with E-state index in [0.29, 0.717) is 18.6 Å². The molecule has 0 heterocycles. The van der Waals surface area contributed by atoms with Crippen molar-refractivity contribution in [3.63, 3.8) is 0 Å². The van der Waals surface area contributed by atoms with Gasteiger partial charge in [-0.2, -0.15) is 0 Å². The minimum absolute atomic E-state index is 0.0154. The molecule has 0 aromatic heterocycles. The molecule has 1 aliphatic carbocycles. The number of allylic oxidation sites excluding steroid dienone is 1. The fourth-order valence-electron chi connectivity index (χ4n) is 3.34. The molecule has 2 aromatic carbocycles. The van der Waals surface area contributed by atoms with Crippen molar-refractivity contribution in [1.29, 1.82) is 0 Å². The number of fused-ring (bicyclic) bond motifs is 1. The van der Waals surface area contributed by atoms with Gasteiger partial charge in [-0.05, 0) is 53.8 Å². The largest absolute Gasteiger partial charge is 0.573 e. The summed E-state index contributed by atoms with van der Waals surface area (Å²) in [5.41, 5.74) is -1.32. The van der Waals surface area contributed by atoms with E-state index >= 15 is 4.39 Å². The van der Waals surface area contributed by atoms with E-state index in [1.54, 1.807) is 0 Å². The zero-order valence-electron chi connectivity index (χ0n) is 16.7. The second-order valence-electron chi connectivity index (χ2n) is 7.12. The van der Waals surface area contributed by atoms with Crippen molar-refractivity contribution in [3.05, 3.63) is 58.4 Å². The Morgan fingerprint density at radius 1 is 1.00 bits per heavy atom. The van der Waals surface area contributed by atoms with Gasteiger partial charge in [0.15, 0.2) is 11.6 Å². The van der Waals surface area contributed by atoms with Crippen molar-refractivity contribution in [2.45, 2.75) is 45.4 Å². The molecule has 0 aliphatic heterocycles. The monoisotopic (exact) mass is 462 g/mol. The van der Waals surface area contributed by atoms with E-state index in [4.69, 9.17) is 4.74 Å². The molecule has 2 aromatic rings. The summed E-state index contributed by atoms with van der Waals surface area (Å²) in [5.74, 6) is -7.81. The van der Waals surface area contributed by atoms with Crippen molar-refractivity contribution in [1.82, 2.24) is 0 Å². The number of alkyl halides is 3. The molecule has 172 valence electrons. The van der Waals surface area contributed by atoms with Crippen LogP contribution >= 0.6 is 0 Å². The van der Waals surface area contributed by atoms with Gasteiger partial charge in [-0.15, -0.1) is 13.2 Å². The van der Waals surface area contributed by atoms with Crippen LogP contribution in [0.5, 0.6) is 5.75 Å². The van der Waals surface area contributed by atoms with E-state index < -0.39 is 52.5 Å². The number of ether oxygens (including phenoxy) is 2. The summed E-state index contributed by atoms with van der Waals surface area (Å²) in [6, 6.07) is 1.62. The average Bonchev–Trinajstić information content (AvgIpc) is 2.68. The average molecular weight is 462 g/mol. The Bertz CT molecular complexity index is 1050. The van der Waals surface area contributed by atoms with Crippen LogP contribution in [0.4, 0.5) is 30.7 Å². The third-order valence-electron chi connectivity index (χ3n) is 4.78. The van der Waals surface area contributed by atoms with Gasteiger partial charge in [-0.3, -0.25) is 4.79 Å². The summed E-state index contributed by atoms with van der Waals surface area (Å²) >= 11 is 0. The number of unbranched alkanes of at least 4 members (excludes halogenated alkanes) is 1. The number of rotatable bonds is 6. The van der Waals surface area contributed by atoms with E-state index in [0.717, 1.165) is 12.5 Å². The maximum atomic E-state index is 15.1. The molecule has 3 rings (SSSR count). The van der Waals surface area contributed by atoms with Crippen LogP contribution < -0.4 is 4.74 Å².